The van der Waals surface area contributed by atoms with Crippen molar-refractivity contribution < 1.29 is 9.84 Å². The van der Waals surface area contributed by atoms with E-state index in [0.29, 0.717) is 13.2 Å². The maximum atomic E-state index is 9.53. The zero-order valence-corrected chi connectivity index (χ0v) is 10.2. The third kappa shape index (κ3) is 2.56. The second kappa shape index (κ2) is 4.91. The summed E-state index contributed by atoms with van der Waals surface area (Å²) in [5, 5.41) is 13.8. The zero-order valence-electron chi connectivity index (χ0n) is 8.62. The lowest BCUT2D eigenvalue weighted by atomic mass is 10.3. The molecule has 0 aliphatic heterocycles. The van der Waals surface area contributed by atoms with E-state index in [9.17, 15) is 5.11 Å². The molecule has 0 radical (unpaired) electrons. The number of aliphatic hydroxyl groups is 1. The quantitative estimate of drug-likeness (QED) is 0.889. The number of nitrogens with zero attached hydrogens (tertiary/aromatic N) is 2. The van der Waals surface area contributed by atoms with Crippen LogP contribution in [0, 0.1) is 13.8 Å². The summed E-state index contributed by atoms with van der Waals surface area (Å²) in [5.74, 6) is 0. The number of rotatable bonds is 4. The van der Waals surface area contributed by atoms with Crippen LogP contribution in [0.25, 0.3) is 0 Å². The van der Waals surface area contributed by atoms with Crippen LogP contribution in [0.15, 0.2) is 4.47 Å². The standard InChI is InChI=1S/C9H15BrN2O2/c1-6-9(10)7(2)12(11-6)4-8(13)5-14-3/h8,13H,4-5H2,1-3H3. The molecule has 4 nitrogen and oxygen atoms in total. The van der Waals surface area contributed by atoms with E-state index >= 15 is 0 Å². The van der Waals surface area contributed by atoms with E-state index in [4.69, 9.17) is 4.74 Å². The first kappa shape index (κ1) is 11.7. The third-order valence-corrected chi connectivity index (χ3v) is 3.18. The molecule has 5 heteroatoms. The minimum Gasteiger partial charge on any atom is -0.389 e. The number of methoxy groups -OCH3 is 1. The van der Waals surface area contributed by atoms with Gasteiger partial charge >= 0.3 is 0 Å². The maximum absolute atomic E-state index is 9.53. The summed E-state index contributed by atoms with van der Waals surface area (Å²) < 4.78 is 7.63. The monoisotopic (exact) mass is 262 g/mol. The lowest BCUT2D eigenvalue weighted by Gasteiger charge is -2.10. The smallest absolute Gasteiger partial charge is 0.0968 e. The van der Waals surface area contributed by atoms with Gasteiger partial charge in [-0.3, -0.25) is 4.68 Å². The Labute approximate surface area is 92.0 Å². The van der Waals surface area contributed by atoms with Crippen molar-refractivity contribution in [1.82, 2.24) is 9.78 Å². The Morgan fingerprint density at radius 3 is 2.64 bits per heavy atom. The third-order valence-electron chi connectivity index (χ3n) is 2.04. The molecule has 0 spiro atoms. The van der Waals surface area contributed by atoms with Crippen LogP contribution >= 0.6 is 15.9 Å². The van der Waals surface area contributed by atoms with Gasteiger partial charge in [-0.2, -0.15) is 5.10 Å². The highest BCUT2D eigenvalue weighted by molar-refractivity contribution is 9.10. The van der Waals surface area contributed by atoms with Crippen LogP contribution in [0.5, 0.6) is 0 Å². The van der Waals surface area contributed by atoms with Crippen LogP contribution in [0.2, 0.25) is 0 Å². The van der Waals surface area contributed by atoms with Gasteiger partial charge in [-0.1, -0.05) is 0 Å². The van der Waals surface area contributed by atoms with Crippen LogP contribution in [-0.2, 0) is 11.3 Å². The summed E-state index contributed by atoms with van der Waals surface area (Å²) in [6.07, 6.45) is -0.509. The molecule has 1 unspecified atom stereocenters. The van der Waals surface area contributed by atoms with Gasteiger partial charge in [0.1, 0.15) is 0 Å². The van der Waals surface area contributed by atoms with Crippen LogP contribution in [0.4, 0.5) is 0 Å². The molecular formula is C9H15BrN2O2. The molecule has 1 rings (SSSR count). The number of ether oxygens (including phenoxy) is 1. The van der Waals surface area contributed by atoms with Crippen molar-refractivity contribution in [3.05, 3.63) is 15.9 Å². The molecule has 0 amide bonds. The van der Waals surface area contributed by atoms with Gasteiger partial charge < -0.3 is 9.84 Å². The first-order chi connectivity index (χ1) is 6.56. The Morgan fingerprint density at radius 2 is 2.21 bits per heavy atom. The van der Waals surface area contributed by atoms with E-state index in [1.54, 1.807) is 11.8 Å². The summed E-state index contributed by atoms with van der Waals surface area (Å²) in [5.41, 5.74) is 1.96. The summed E-state index contributed by atoms with van der Waals surface area (Å²) >= 11 is 3.43. The van der Waals surface area contributed by atoms with Gasteiger partial charge in [0, 0.05) is 12.8 Å². The molecule has 1 aromatic rings. The number of halogens is 1. The number of aryl methyl sites for hydroxylation is 1. The van der Waals surface area contributed by atoms with Crippen LogP contribution in [-0.4, -0.2) is 34.7 Å². The minimum absolute atomic E-state index is 0.329. The highest BCUT2D eigenvalue weighted by Gasteiger charge is 2.11. The van der Waals surface area contributed by atoms with Crippen molar-refractivity contribution in [3.8, 4) is 0 Å². The highest BCUT2D eigenvalue weighted by atomic mass is 79.9. The molecule has 0 aliphatic rings. The molecule has 0 saturated heterocycles. The number of aromatic nitrogens is 2. The van der Waals surface area contributed by atoms with E-state index in [2.05, 4.69) is 21.0 Å². The predicted molar refractivity (Wildman–Crippen MR) is 57.3 cm³/mol. The molecule has 0 saturated carbocycles. The molecular weight excluding hydrogens is 248 g/mol. The first-order valence-electron chi connectivity index (χ1n) is 4.42. The van der Waals surface area contributed by atoms with Crippen molar-refractivity contribution >= 4 is 15.9 Å². The summed E-state index contributed by atoms with van der Waals surface area (Å²) in [6, 6.07) is 0. The van der Waals surface area contributed by atoms with Crippen molar-refractivity contribution in [2.75, 3.05) is 13.7 Å². The van der Waals surface area contributed by atoms with Gasteiger partial charge in [0.2, 0.25) is 0 Å². The van der Waals surface area contributed by atoms with Crippen LogP contribution < -0.4 is 0 Å². The molecule has 14 heavy (non-hydrogen) atoms. The lowest BCUT2D eigenvalue weighted by Crippen LogP contribution is -2.22. The Morgan fingerprint density at radius 1 is 1.57 bits per heavy atom. The fourth-order valence-electron chi connectivity index (χ4n) is 1.30. The van der Waals surface area contributed by atoms with Gasteiger partial charge in [-0.15, -0.1) is 0 Å². The largest absolute Gasteiger partial charge is 0.389 e. The van der Waals surface area contributed by atoms with Crippen LogP contribution in [0.3, 0.4) is 0 Å². The van der Waals surface area contributed by atoms with Gasteiger partial charge in [0.25, 0.3) is 0 Å². The number of hydrogen-bond donors (Lipinski definition) is 1. The van der Waals surface area contributed by atoms with Gasteiger partial charge in [-0.05, 0) is 29.8 Å². The maximum Gasteiger partial charge on any atom is 0.0968 e. The van der Waals surface area contributed by atoms with E-state index in [0.717, 1.165) is 15.9 Å². The highest BCUT2D eigenvalue weighted by Crippen LogP contribution is 2.19. The molecule has 0 aromatic carbocycles. The Bertz CT molecular complexity index is 312. The van der Waals surface area contributed by atoms with Crippen molar-refractivity contribution in [2.45, 2.75) is 26.5 Å². The van der Waals surface area contributed by atoms with E-state index in [-0.39, 0.29) is 0 Å². The molecule has 0 fully saturated rings. The summed E-state index contributed by atoms with van der Waals surface area (Å²) in [4.78, 5) is 0. The SMILES string of the molecule is COCC(O)Cn1nc(C)c(Br)c1C. The first-order valence-corrected chi connectivity index (χ1v) is 5.22. The summed E-state index contributed by atoms with van der Waals surface area (Å²) in [6.45, 7) is 4.68. The van der Waals surface area contributed by atoms with Crippen LogP contribution in [0.1, 0.15) is 11.4 Å². The Balaban J connectivity index is 2.72. The van der Waals surface area contributed by atoms with Gasteiger partial charge in [0.15, 0.2) is 0 Å². The second-order valence-electron chi connectivity index (χ2n) is 3.28. The van der Waals surface area contributed by atoms with Crippen molar-refractivity contribution in [3.63, 3.8) is 0 Å². The minimum atomic E-state index is -0.509. The van der Waals surface area contributed by atoms with E-state index < -0.39 is 6.10 Å². The Hall–Kier alpha value is -0.390. The van der Waals surface area contributed by atoms with E-state index in [1.165, 1.54) is 0 Å². The zero-order chi connectivity index (χ0) is 10.7. The number of hydrogen-bond acceptors (Lipinski definition) is 3. The molecule has 1 heterocycles. The molecule has 80 valence electrons. The van der Waals surface area contributed by atoms with Gasteiger partial charge in [-0.25, -0.2) is 0 Å². The molecule has 0 aliphatic carbocycles. The normalized spacial score (nSPS) is 13.2. The van der Waals surface area contributed by atoms with E-state index in [1.807, 2.05) is 13.8 Å². The van der Waals surface area contributed by atoms with Gasteiger partial charge in [0.05, 0.1) is 29.4 Å². The second-order valence-corrected chi connectivity index (χ2v) is 4.07. The average molecular weight is 263 g/mol. The summed E-state index contributed by atoms with van der Waals surface area (Å²) in [7, 11) is 1.57. The Kier molecular flexibility index (Phi) is 4.10. The predicted octanol–water partition coefficient (Wildman–Crippen LogP) is 1.27. The lowest BCUT2D eigenvalue weighted by molar-refractivity contribution is 0.0509. The average Bonchev–Trinajstić information content (AvgIpc) is 2.34. The fourth-order valence-corrected chi connectivity index (χ4v) is 1.58. The topological polar surface area (TPSA) is 47.3 Å². The molecule has 1 atom stereocenters. The number of aliphatic hydroxyl groups excluding tert-OH is 1. The molecule has 1 aromatic heterocycles. The van der Waals surface area contributed by atoms with Crippen molar-refractivity contribution in [1.29, 1.82) is 0 Å². The molecule has 1 N–H and O–H groups in total. The van der Waals surface area contributed by atoms with Crippen molar-refractivity contribution in [2.24, 2.45) is 0 Å². The fraction of sp³-hybridized carbons (Fsp3) is 0.667. The molecule has 0 bridgehead atoms.